The molecule has 0 radical (unpaired) electrons. The van der Waals surface area contributed by atoms with Crippen LogP contribution in [0.25, 0.3) is 0 Å². The Labute approximate surface area is 154 Å². The van der Waals surface area contributed by atoms with Gasteiger partial charge in [0.05, 0.1) is 9.82 Å². The van der Waals surface area contributed by atoms with Crippen molar-refractivity contribution < 1.29 is 13.3 Å². The smallest absolute Gasteiger partial charge is 0.258 e. The molecule has 0 aliphatic rings. The zero-order valence-electron chi connectivity index (χ0n) is 15.2. The molecule has 0 amide bonds. The van der Waals surface area contributed by atoms with E-state index in [-0.39, 0.29) is 10.6 Å². The molecule has 140 valence electrons. The minimum atomic E-state index is -3.86. The molecule has 0 spiro atoms. The van der Waals surface area contributed by atoms with Gasteiger partial charge in [0.25, 0.3) is 5.69 Å². The zero-order chi connectivity index (χ0) is 19.3. The average molecular weight is 376 g/mol. The summed E-state index contributed by atoms with van der Waals surface area (Å²) in [4.78, 5) is 10.2. The van der Waals surface area contributed by atoms with E-state index in [0.29, 0.717) is 12.3 Å². The number of rotatable bonds is 8. The Morgan fingerprint density at radius 1 is 1.04 bits per heavy atom. The van der Waals surface area contributed by atoms with Crippen molar-refractivity contribution in [1.82, 2.24) is 4.72 Å². The fourth-order valence-corrected chi connectivity index (χ4v) is 4.05. The molecule has 2 unspecified atom stereocenters. The van der Waals surface area contributed by atoms with E-state index in [1.54, 1.807) is 0 Å². The van der Waals surface area contributed by atoms with Gasteiger partial charge < -0.3 is 0 Å². The van der Waals surface area contributed by atoms with Crippen LogP contribution in [-0.2, 0) is 10.0 Å². The first-order valence-corrected chi connectivity index (χ1v) is 10.1. The molecule has 26 heavy (non-hydrogen) atoms. The zero-order valence-corrected chi connectivity index (χ0v) is 16.0. The second kappa shape index (κ2) is 8.42. The number of nitrogens with one attached hydrogen (secondary N) is 1. The SMILES string of the molecule is CCC(C)c1ccc(C(CC)NS(=O)(=O)c2cccc([N+](=O)[O-])c2)cc1. The first kappa shape index (κ1) is 20.1. The molecule has 0 aliphatic heterocycles. The Hall–Kier alpha value is -2.25. The van der Waals surface area contributed by atoms with Gasteiger partial charge >= 0.3 is 0 Å². The van der Waals surface area contributed by atoms with Gasteiger partial charge in [0, 0.05) is 18.2 Å². The van der Waals surface area contributed by atoms with Crippen LogP contribution in [0.1, 0.15) is 56.7 Å². The van der Waals surface area contributed by atoms with Gasteiger partial charge in [0.15, 0.2) is 0 Å². The summed E-state index contributed by atoms with van der Waals surface area (Å²) in [7, 11) is -3.86. The van der Waals surface area contributed by atoms with Gasteiger partial charge in [-0.3, -0.25) is 10.1 Å². The number of nitro groups is 1. The maximum atomic E-state index is 12.6. The van der Waals surface area contributed by atoms with Gasteiger partial charge in [-0.2, -0.15) is 0 Å². The third-order valence-electron chi connectivity index (χ3n) is 4.56. The molecule has 0 saturated carbocycles. The topological polar surface area (TPSA) is 89.3 Å². The monoisotopic (exact) mass is 376 g/mol. The molecule has 7 heteroatoms. The summed E-state index contributed by atoms with van der Waals surface area (Å²) >= 11 is 0. The van der Waals surface area contributed by atoms with E-state index in [1.807, 2.05) is 31.2 Å². The van der Waals surface area contributed by atoms with Gasteiger partial charge in [0.2, 0.25) is 10.0 Å². The molecule has 0 fully saturated rings. The third-order valence-corrected chi connectivity index (χ3v) is 6.03. The number of hydrogen-bond donors (Lipinski definition) is 1. The van der Waals surface area contributed by atoms with Crippen LogP contribution < -0.4 is 4.72 Å². The summed E-state index contributed by atoms with van der Waals surface area (Å²) in [5.74, 6) is 0.450. The average Bonchev–Trinajstić information content (AvgIpc) is 2.65. The molecule has 0 aromatic heterocycles. The number of benzene rings is 2. The highest BCUT2D eigenvalue weighted by molar-refractivity contribution is 7.89. The van der Waals surface area contributed by atoms with Crippen molar-refractivity contribution in [3.63, 3.8) is 0 Å². The van der Waals surface area contributed by atoms with Gasteiger partial charge in [0.1, 0.15) is 0 Å². The molecule has 2 rings (SSSR count). The van der Waals surface area contributed by atoms with Crippen LogP contribution >= 0.6 is 0 Å². The lowest BCUT2D eigenvalue weighted by atomic mass is 9.96. The van der Waals surface area contributed by atoms with E-state index in [2.05, 4.69) is 18.6 Å². The largest absolute Gasteiger partial charge is 0.270 e. The summed E-state index contributed by atoms with van der Waals surface area (Å²) < 4.78 is 27.9. The number of non-ortho nitro benzene ring substituents is 1. The molecule has 6 nitrogen and oxygen atoms in total. The van der Waals surface area contributed by atoms with Crippen molar-refractivity contribution in [1.29, 1.82) is 0 Å². The van der Waals surface area contributed by atoms with Crippen LogP contribution in [0, 0.1) is 10.1 Å². The maximum absolute atomic E-state index is 12.6. The normalized spacial score (nSPS) is 14.0. The second-order valence-corrected chi connectivity index (χ2v) is 8.03. The van der Waals surface area contributed by atoms with Crippen molar-refractivity contribution in [2.24, 2.45) is 0 Å². The van der Waals surface area contributed by atoms with Crippen molar-refractivity contribution in [2.75, 3.05) is 0 Å². The lowest BCUT2D eigenvalue weighted by Gasteiger charge is -2.19. The minimum Gasteiger partial charge on any atom is -0.258 e. The highest BCUT2D eigenvalue weighted by Crippen LogP contribution is 2.25. The van der Waals surface area contributed by atoms with Gasteiger partial charge in [-0.15, -0.1) is 0 Å². The predicted molar refractivity (Wildman–Crippen MR) is 102 cm³/mol. The molecule has 0 heterocycles. The van der Waals surface area contributed by atoms with Crippen LogP contribution in [0.4, 0.5) is 5.69 Å². The highest BCUT2D eigenvalue weighted by Gasteiger charge is 2.22. The first-order chi connectivity index (χ1) is 12.3. The van der Waals surface area contributed by atoms with Crippen molar-refractivity contribution in [2.45, 2.75) is 50.5 Å². The van der Waals surface area contributed by atoms with E-state index in [0.717, 1.165) is 18.1 Å². The van der Waals surface area contributed by atoms with E-state index in [1.165, 1.54) is 23.8 Å². The minimum absolute atomic E-state index is 0.110. The van der Waals surface area contributed by atoms with Crippen LogP contribution in [0.2, 0.25) is 0 Å². The second-order valence-electron chi connectivity index (χ2n) is 6.31. The number of hydrogen-bond acceptors (Lipinski definition) is 4. The van der Waals surface area contributed by atoms with Crippen LogP contribution in [0.5, 0.6) is 0 Å². The molecular weight excluding hydrogens is 352 g/mol. The Balaban J connectivity index is 2.26. The molecule has 0 aliphatic carbocycles. The summed E-state index contributed by atoms with van der Waals surface area (Å²) in [6, 6.07) is 12.6. The first-order valence-electron chi connectivity index (χ1n) is 8.65. The maximum Gasteiger partial charge on any atom is 0.270 e. The fourth-order valence-electron chi connectivity index (χ4n) is 2.70. The number of nitrogens with zero attached hydrogens (tertiary/aromatic N) is 1. The Morgan fingerprint density at radius 3 is 2.19 bits per heavy atom. The van der Waals surface area contributed by atoms with Gasteiger partial charge in [-0.25, -0.2) is 13.1 Å². The highest BCUT2D eigenvalue weighted by atomic mass is 32.2. The van der Waals surface area contributed by atoms with E-state index >= 15 is 0 Å². The lowest BCUT2D eigenvalue weighted by Crippen LogP contribution is -2.28. The molecule has 2 atom stereocenters. The van der Waals surface area contributed by atoms with E-state index in [4.69, 9.17) is 0 Å². The van der Waals surface area contributed by atoms with E-state index < -0.39 is 21.0 Å². The number of sulfonamides is 1. The van der Waals surface area contributed by atoms with Gasteiger partial charge in [-0.05, 0) is 36.0 Å². The van der Waals surface area contributed by atoms with Crippen molar-refractivity contribution >= 4 is 15.7 Å². The van der Waals surface area contributed by atoms with Crippen LogP contribution in [0.15, 0.2) is 53.4 Å². The Bertz CT molecular complexity index is 863. The van der Waals surface area contributed by atoms with Crippen LogP contribution in [0.3, 0.4) is 0 Å². The third kappa shape index (κ3) is 4.68. The summed E-state index contributed by atoms with van der Waals surface area (Å²) in [5, 5.41) is 10.9. The predicted octanol–water partition coefficient (Wildman–Crippen LogP) is 4.54. The Morgan fingerprint density at radius 2 is 1.65 bits per heavy atom. The summed E-state index contributed by atoms with van der Waals surface area (Å²) in [6.07, 6.45) is 1.60. The molecule has 0 bridgehead atoms. The van der Waals surface area contributed by atoms with Gasteiger partial charge in [-0.1, -0.05) is 51.1 Å². The quantitative estimate of drug-likeness (QED) is 0.541. The molecule has 2 aromatic rings. The van der Waals surface area contributed by atoms with E-state index in [9.17, 15) is 18.5 Å². The molecule has 1 N–H and O–H groups in total. The molecular formula is C19H24N2O4S. The molecule has 0 saturated heterocycles. The number of nitro benzene ring substituents is 1. The lowest BCUT2D eigenvalue weighted by molar-refractivity contribution is -0.385. The molecule has 2 aromatic carbocycles. The summed E-state index contributed by atoms with van der Waals surface area (Å²) in [6.45, 7) is 6.17. The fraction of sp³-hybridized carbons (Fsp3) is 0.368. The summed E-state index contributed by atoms with van der Waals surface area (Å²) in [5.41, 5.74) is 1.83. The standard InChI is InChI=1S/C19H24N2O4S/c1-4-14(3)15-9-11-16(12-10-15)19(5-2)20-26(24,25)18-8-6-7-17(13-18)21(22)23/h6-14,19-20H,4-5H2,1-3H3. The Kier molecular flexibility index (Phi) is 6.50. The van der Waals surface area contributed by atoms with Crippen molar-refractivity contribution in [3.8, 4) is 0 Å². The van der Waals surface area contributed by atoms with Crippen LogP contribution in [-0.4, -0.2) is 13.3 Å². The van der Waals surface area contributed by atoms with Crippen molar-refractivity contribution in [3.05, 3.63) is 69.8 Å².